The topological polar surface area (TPSA) is 76.4 Å². The number of furan rings is 1. The van der Waals surface area contributed by atoms with Crippen molar-refractivity contribution in [2.24, 2.45) is 0 Å². The highest BCUT2D eigenvalue weighted by molar-refractivity contribution is 7.91. The van der Waals surface area contributed by atoms with Crippen LogP contribution in [-0.2, 0) is 14.6 Å². The minimum atomic E-state index is -3.23. The van der Waals surface area contributed by atoms with Gasteiger partial charge in [0.15, 0.2) is 9.84 Å². The second-order valence-electron chi connectivity index (χ2n) is 5.51. The van der Waals surface area contributed by atoms with Gasteiger partial charge >= 0.3 is 0 Å². The van der Waals surface area contributed by atoms with Gasteiger partial charge in [0, 0.05) is 11.3 Å². The summed E-state index contributed by atoms with van der Waals surface area (Å²) in [4.78, 5) is 12.6. The standard InChI is InChI=1S/C17H21NO4S/c1-5-23(20,21)15-8-6-14(7-9-15)18-17(19)12(3)16-10-11(2)22-13(16)4/h6-10,12H,5H2,1-4H3,(H,18,19)/t12-/m1/s1. The van der Waals surface area contributed by atoms with Gasteiger partial charge in [0.05, 0.1) is 16.6 Å². The van der Waals surface area contributed by atoms with Gasteiger partial charge in [-0.1, -0.05) is 6.92 Å². The molecule has 124 valence electrons. The predicted molar refractivity (Wildman–Crippen MR) is 89.4 cm³/mol. The molecule has 1 amide bonds. The number of aryl methyl sites for hydroxylation is 2. The van der Waals surface area contributed by atoms with Gasteiger partial charge < -0.3 is 9.73 Å². The van der Waals surface area contributed by atoms with Gasteiger partial charge in [-0.25, -0.2) is 8.42 Å². The third-order valence-electron chi connectivity index (χ3n) is 3.80. The van der Waals surface area contributed by atoms with Gasteiger partial charge in [0.2, 0.25) is 5.91 Å². The van der Waals surface area contributed by atoms with E-state index in [9.17, 15) is 13.2 Å². The summed E-state index contributed by atoms with van der Waals surface area (Å²) in [6, 6.07) is 8.07. The molecule has 1 atom stereocenters. The summed E-state index contributed by atoms with van der Waals surface area (Å²) >= 11 is 0. The Labute approximate surface area is 136 Å². The van der Waals surface area contributed by atoms with E-state index in [0.29, 0.717) is 5.69 Å². The molecule has 0 unspecified atom stereocenters. The number of anilines is 1. The summed E-state index contributed by atoms with van der Waals surface area (Å²) < 4.78 is 29.0. The Hall–Kier alpha value is -2.08. The Balaban J connectivity index is 2.13. The third kappa shape index (κ3) is 3.82. The predicted octanol–water partition coefficient (Wildman–Crippen LogP) is 3.43. The van der Waals surface area contributed by atoms with Crippen LogP contribution in [0.25, 0.3) is 0 Å². The van der Waals surface area contributed by atoms with Crippen LogP contribution in [0.15, 0.2) is 39.6 Å². The van der Waals surface area contributed by atoms with Crippen LogP contribution in [0.5, 0.6) is 0 Å². The molecule has 2 rings (SSSR count). The van der Waals surface area contributed by atoms with Crippen molar-refractivity contribution in [2.45, 2.75) is 38.5 Å². The Morgan fingerprint density at radius 3 is 2.30 bits per heavy atom. The first kappa shape index (κ1) is 17.3. The summed E-state index contributed by atoms with van der Waals surface area (Å²) in [5.41, 5.74) is 1.42. The summed E-state index contributed by atoms with van der Waals surface area (Å²) in [5, 5.41) is 2.80. The zero-order chi connectivity index (χ0) is 17.2. The van der Waals surface area contributed by atoms with Crippen molar-refractivity contribution < 1.29 is 17.6 Å². The van der Waals surface area contributed by atoms with E-state index in [2.05, 4.69) is 5.32 Å². The van der Waals surface area contributed by atoms with Crippen molar-refractivity contribution in [1.29, 1.82) is 0 Å². The average molecular weight is 335 g/mol. The molecule has 1 aromatic heterocycles. The quantitative estimate of drug-likeness (QED) is 0.908. The molecule has 2 aromatic rings. The molecule has 5 nitrogen and oxygen atoms in total. The fourth-order valence-corrected chi connectivity index (χ4v) is 3.27. The smallest absolute Gasteiger partial charge is 0.231 e. The number of nitrogens with one attached hydrogen (secondary N) is 1. The van der Waals surface area contributed by atoms with E-state index in [1.807, 2.05) is 26.8 Å². The lowest BCUT2D eigenvalue weighted by Gasteiger charge is -2.12. The molecule has 0 saturated carbocycles. The first-order chi connectivity index (χ1) is 10.7. The summed E-state index contributed by atoms with van der Waals surface area (Å²) in [5.74, 6) is 1.03. The van der Waals surface area contributed by atoms with Crippen LogP contribution in [0.1, 0.15) is 36.8 Å². The van der Waals surface area contributed by atoms with Crippen molar-refractivity contribution in [1.82, 2.24) is 0 Å². The van der Waals surface area contributed by atoms with Crippen LogP contribution in [0.3, 0.4) is 0 Å². The maximum Gasteiger partial charge on any atom is 0.231 e. The number of benzene rings is 1. The monoisotopic (exact) mass is 335 g/mol. The SMILES string of the molecule is CCS(=O)(=O)c1ccc(NC(=O)[C@H](C)c2cc(C)oc2C)cc1. The highest BCUT2D eigenvalue weighted by Crippen LogP contribution is 2.25. The number of hydrogen-bond acceptors (Lipinski definition) is 4. The Morgan fingerprint density at radius 2 is 1.83 bits per heavy atom. The van der Waals surface area contributed by atoms with E-state index in [1.54, 1.807) is 19.1 Å². The third-order valence-corrected chi connectivity index (χ3v) is 5.55. The first-order valence-electron chi connectivity index (χ1n) is 7.45. The summed E-state index contributed by atoms with van der Waals surface area (Å²) in [6.45, 7) is 7.08. The average Bonchev–Trinajstić information content (AvgIpc) is 2.85. The van der Waals surface area contributed by atoms with E-state index in [4.69, 9.17) is 4.42 Å². The zero-order valence-corrected chi connectivity index (χ0v) is 14.5. The van der Waals surface area contributed by atoms with Crippen LogP contribution in [0, 0.1) is 13.8 Å². The number of carbonyl (C=O) groups excluding carboxylic acids is 1. The van der Waals surface area contributed by atoms with Crippen LogP contribution in [0.2, 0.25) is 0 Å². The van der Waals surface area contributed by atoms with Crippen molar-refractivity contribution in [3.63, 3.8) is 0 Å². The van der Waals surface area contributed by atoms with Gasteiger partial charge in [0.1, 0.15) is 11.5 Å². The van der Waals surface area contributed by atoms with Crippen LogP contribution in [-0.4, -0.2) is 20.1 Å². The number of amides is 1. The molecule has 0 radical (unpaired) electrons. The number of rotatable bonds is 5. The number of hydrogen-bond donors (Lipinski definition) is 1. The second-order valence-corrected chi connectivity index (χ2v) is 7.79. The largest absolute Gasteiger partial charge is 0.466 e. The van der Waals surface area contributed by atoms with E-state index in [1.165, 1.54) is 12.1 Å². The Morgan fingerprint density at radius 1 is 1.22 bits per heavy atom. The maximum atomic E-state index is 12.3. The van der Waals surface area contributed by atoms with Gasteiger partial charge in [-0.05, 0) is 51.1 Å². The minimum absolute atomic E-state index is 0.0505. The molecule has 0 aliphatic rings. The van der Waals surface area contributed by atoms with E-state index < -0.39 is 9.84 Å². The van der Waals surface area contributed by atoms with Gasteiger partial charge in [-0.2, -0.15) is 0 Å². The van der Waals surface area contributed by atoms with E-state index >= 15 is 0 Å². The molecule has 0 aliphatic carbocycles. The van der Waals surface area contributed by atoms with Crippen molar-refractivity contribution in [3.8, 4) is 0 Å². The van der Waals surface area contributed by atoms with Crippen LogP contribution < -0.4 is 5.32 Å². The molecule has 1 aromatic carbocycles. The van der Waals surface area contributed by atoms with Gasteiger partial charge in [-0.15, -0.1) is 0 Å². The molecule has 6 heteroatoms. The van der Waals surface area contributed by atoms with Gasteiger partial charge in [0.25, 0.3) is 0 Å². The van der Waals surface area contributed by atoms with Gasteiger partial charge in [-0.3, -0.25) is 4.79 Å². The lowest BCUT2D eigenvalue weighted by atomic mass is 10.0. The molecule has 23 heavy (non-hydrogen) atoms. The van der Waals surface area contributed by atoms with Crippen molar-refractivity contribution in [3.05, 3.63) is 47.4 Å². The van der Waals surface area contributed by atoms with E-state index in [-0.39, 0.29) is 22.5 Å². The highest BCUT2D eigenvalue weighted by atomic mass is 32.2. The highest BCUT2D eigenvalue weighted by Gasteiger charge is 2.20. The van der Waals surface area contributed by atoms with E-state index in [0.717, 1.165) is 17.1 Å². The fraction of sp³-hybridized carbons (Fsp3) is 0.353. The molecule has 0 fully saturated rings. The van der Waals surface area contributed by atoms with Crippen molar-refractivity contribution in [2.75, 3.05) is 11.1 Å². The normalized spacial score (nSPS) is 12.9. The molecule has 0 aliphatic heterocycles. The molecule has 0 spiro atoms. The molecule has 0 saturated heterocycles. The molecule has 1 heterocycles. The fourth-order valence-electron chi connectivity index (χ4n) is 2.38. The first-order valence-corrected chi connectivity index (χ1v) is 9.10. The second kappa shape index (κ2) is 6.58. The maximum absolute atomic E-state index is 12.3. The summed E-state index contributed by atoms with van der Waals surface area (Å²) in [7, 11) is -3.23. The minimum Gasteiger partial charge on any atom is -0.466 e. The Kier molecular flexibility index (Phi) is 4.94. The Bertz CT molecular complexity index is 804. The van der Waals surface area contributed by atoms with Crippen molar-refractivity contribution >= 4 is 21.4 Å². The molecule has 0 bridgehead atoms. The molecule has 1 N–H and O–H groups in total. The number of sulfone groups is 1. The lowest BCUT2D eigenvalue weighted by Crippen LogP contribution is -2.19. The molecular weight excluding hydrogens is 314 g/mol. The van der Waals surface area contributed by atoms with Crippen LogP contribution in [0.4, 0.5) is 5.69 Å². The number of carbonyl (C=O) groups is 1. The lowest BCUT2D eigenvalue weighted by molar-refractivity contribution is -0.117. The summed E-state index contributed by atoms with van der Waals surface area (Å²) in [6.07, 6.45) is 0. The molecular formula is C17H21NO4S. The van der Waals surface area contributed by atoms with Crippen LogP contribution >= 0.6 is 0 Å². The zero-order valence-electron chi connectivity index (χ0n) is 13.7.